The number of rotatable bonds is 7. The molecule has 1 aromatic carbocycles. The van der Waals surface area contributed by atoms with Gasteiger partial charge in [0.05, 0.1) is 24.0 Å². The molecule has 3 N–H and O–H groups in total. The summed E-state index contributed by atoms with van der Waals surface area (Å²) < 4.78 is 13.9. The summed E-state index contributed by atoms with van der Waals surface area (Å²) in [6.07, 6.45) is 1.69. The van der Waals surface area contributed by atoms with E-state index in [1.54, 1.807) is 31.3 Å². The molecule has 146 valence electrons. The summed E-state index contributed by atoms with van der Waals surface area (Å²) in [5, 5.41) is 16.0. The Morgan fingerprint density at radius 2 is 1.89 bits per heavy atom. The lowest BCUT2D eigenvalue weighted by atomic mass is 10.1. The molecule has 0 fully saturated rings. The fourth-order valence-electron chi connectivity index (χ4n) is 2.69. The zero-order valence-corrected chi connectivity index (χ0v) is 16.1. The van der Waals surface area contributed by atoms with E-state index in [0.29, 0.717) is 34.4 Å². The highest BCUT2D eigenvalue weighted by Gasteiger charge is 2.16. The summed E-state index contributed by atoms with van der Waals surface area (Å²) in [6.45, 7) is 5.68. The molecular formula is C21H24FN5O. The Labute approximate surface area is 163 Å². The second-order valence-electron chi connectivity index (χ2n) is 6.89. The Bertz CT molecular complexity index is 933. The topological polar surface area (TPSA) is 83.0 Å². The van der Waals surface area contributed by atoms with Gasteiger partial charge in [-0.3, -0.25) is 4.98 Å². The molecule has 2 aromatic heterocycles. The van der Waals surface area contributed by atoms with Crippen LogP contribution in [0.15, 0.2) is 48.7 Å². The van der Waals surface area contributed by atoms with Gasteiger partial charge in [0.15, 0.2) is 0 Å². The maximum absolute atomic E-state index is 13.9. The number of aromatic nitrogens is 3. The molecule has 0 aliphatic carbocycles. The maximum Gasteiger partial charge on any atom is 0.225 e. The summed E-state index contributed by atoms with van der Waals surface area (Å²) in [6, 6.07) is 12.0. The molecule has 7 heteroatoms. The van der Waals surface area contributed by atoms with Gasteiger partial charge < -0.3 is 15.7 Å². The van der Waals surface area contributed by atoms with E-state index in [4.69, 9.17) is 0 Å². The van der Waals surface area contributed by atoms with Crippen molar-refractivity contribution >= 4 is 17.5 Å². The Morgan fingerprint density at radius 1 is 1.07 bits per heavy atom. The number of benzene rings is 1. The zero-order valence-electron chi connectivity index (χ0n) is 16.1. The van der Waals surface area contributed by atoms with Gasteiger partial charge in [-0.25, -0.2) is 9.37 Å². The Hall–Kier alpha value is -3.06. The largest absolute Gasteiger partial charge is 0.394 e. The number of hydrogen-bond acceptors (Lipinski definition) is 6. The molecule has 0 bridgehead atoms. The Morgan fingerprint density at radius 3 is 2.57 bits per heavy atom. The van der Waals surface area contributed by atoms with Crippen LogP contribution in [0.1, 0.15) is 19.4 Å². The van der Waals surface area contributed by atoms with Gasteiger partial charge in [0.25, 0.3) is 0 Å². The Kier molecular flexibility index (Phi) is 6.16. The predicted octanol–water partition coefficient (Wildman–Crippen LogP) is 4.16. The van der Waals surface area contributed by atoms with Crippen LogP contribution in [0.2, 0.25) is 0 Å². The number of aliphatic hydroxyl groups excluding tert-OH is 1. The summed E-state index contributed by atoms with van der Waals surface area (Å²) in [7, 11) is 0. The van der Waals surface area contributed by atoms with Crippen molar-refractivity contribution in [3.63, 3.8) is 0 Å². The molecule has 2 heterocycles. The molecule has 0 saturated heterocycles. The number of pyridine rings is 1. The molecule has 3 aromatic rings. The molecule has 0 saturated carbocycles. The maximum atomic E-state index is 13.9. The lowest BCUT2D eigenvalue weighted by Gasteiger charge is -2.20. The van der Waals surface area contributed by atoms with Crippen molar-refractivity contribution in [1.29, 1.82) is 0 Å². The first kappa shape index (κ1) is 19.7. The molecule has 0 spiro atoms. The number of nitrogens with zero attached hydrogens (tertiary/aromatic N) is 3. The zero-order chi connectivity index (χ0) is 20.1. The molecule has 0 unspecified atom stereocenters. The molecule has 28 heavy (non-hydrogen) atoms. The van der Waals surface area contributed by atoms with E-state index in [1.807, 2.05) is 32.0 Å². The number of aliphatic hydroxyl groups is 1. The molecule has 1 atom stereocenters. The van der Waals surface area contributed by atoms with Crippen LogP contribution in [-0.4, -0.2) is 32.7 Å². The van der Waals surface area contributed by atoms with Crippen molar-refractivity contribution in [2.75, 3.05) is 17.2 Å². The minimum Gasteiger partial charge on any atom is -0.394 e. The monoisotopic (exact) mass is 381 g/mol. The van der Waals surface area contributed by atoms with Gasteiger partial charge >= 0.3 is 0 Å². The van der Waals surface area contributed by atoms with Gasteiger partial charge in [0.1, 0.15) is 11.6 Å². The van der Waals surface area contributed by atoms with Gasteiger partial charge in [-0.05, 0) is 37.1 Å². The first-order chi connectivity index (χ1) is 13.5. The van der Waals surface area contributed by atoms with Crippen molar-refractivity contribution in [3.8, 4) is 11.4 Å². The lowest BCUT2D eigenvalue weighted by molar-refractivity contribution is 0.248. The second-order valence-corrected chi connectivity index (χ2v) is 6.89. The lowest BCUT2D eigenvalue weighted by Crippen LogP contribution is -2.30. The van der Waals surface area contributed by atoms with Crippen molar-refractivity contribution < 1.29 is 9.50 Å². The number of anilines is 3. The van der Waals surface area contributed by atoms with Crippen molar-refractivity contribution in [3.05, 3.63) is 60.0 Å². The highest BCUT2D eigenvalue weighted by Crippen LogP contribution is 2.25. The quantitative estimate of drug-likeness (QED) is 0.570. The first-order valence-electron chi connectivity index (χ1n) is 9.18. The highest BCUT2D eigenvalue weighted by molar-refractivity contribution is 5.66. The standard InChI is InChI=1S/C21H24FN5O/c1-13(2)19(12-28)26-21-25-18(17-8-4-5-10-23-17)11-20(27-21)24-16-9-6-7-15(22)14(16)3/h4-11,13,19,28H,12H2,1-3H3,(H2,24,25,26,27)/t19-/m1/s1. The van der Waals surface area contributed by atoms with Crippen LogP contribution in [0.4, 0.5) is 21.8 Å². The summed E-state index contributed by atoms with van der Waals surface area (Å²) >= 11 is 0. The summed E-state index contributed by atoms with van der Waals surface area (Å²) in [4.78, 5) is 13.4. The van der Waals surface area contributed by atoms with Gasteiger partial charge in [-0.2, -0.15) is 4.98 Å². The third kappa shape index (κ3) is 4.61. The number of halogens is 1. The van der Waals surface area contributed by atoms with E-state index in [9.17, 15) is 9.50 Å². The second kappa shape index (κ2) is 8.75. The van der Waals surface area contributed by atoms with Crippen LogP contribution < -0.4 is 10.6 Å². The fraction of sp³-hybridized carbons (Fsp3) is 0.286. The molecular weight excluding hydrogens is 357 g/mol. The molecule has 0 amide bonds. The van der Waals surface area contributed by atoms with Crippen LogP contribution in [-0.2, 0) is 0 Å². The predicted molar refractivity (Wildman–Crippen MR) is 109 cm³/mol. The third-order valence-corrected chi connectivity index (χ3v) is 4.50. The normalized spacial score (nSPS) is 12.1. The molecule has 6 nitrogen and oxygen atoms in total. The number of hydrogen-bond donors (Lipinski definition) is 3. The van der Waals surface area contributed by atoms with E-state index in [2.05, 4.69) is 25.6 Å². The van der Waals surface area contributed by atoms with Gasteiger partial charge in [-0.15, -0.1) is 0 Å². The average molecular weight is 381 g/mol. The molecule has 0 radical (unpaired) electrons. The minimum atomic E-state index is -0.289. The molecule has 0 aliphatic rings. The average Bonchev–Trinajstić information content (AvgIpc) is 2.70. The summed E-state index contributed by atoms with van der Waals surface area (Å²) in [5.41, 5.74) is 2.44. The first-order valence-corrected chi connectivity index (χ1v) is 9.18. The van der Waals surface area contributed by atoms with Gasteiger partial charge in [-0.1, -0.05) is 26.0 Å². The van der Waals surface area contributed by atoms with Crippen LogP contribution in [0.25, 0.3) is 11.4 Å². The third-order valence-electron chi connectivity index (χ3n) is 4.50. The van der Waals surface area contributed by atoms with E-state index >= 15 is 0 Å². The van der Waals surface area contributed by atoms with Crippen LogP contribution in [0.5, 0.6) is 0 Å². The van der Waals surface area contributed by atoms with Crippen molar-refractivity contribution in [2.45, 2.75) is 26.8 Å². The Balaban J connectivity index is 2.00. The SMILES string of the molecule is Cc1c(F)cccc1Nc1cc(-c2ccccn2)nc(N[C@H](CO)C(C)C)n1. The van der Waals surface area contributed by atoms with Gasteiger partial charge in [0, 0.05) is 23.5 Å². The smallest absolute Gasteiger partial charge is 0.225 e. The van der Waals surface area contributed by atoms with Crippen molar-refractivity contribution in [2.24, 2.45) is 5.92 Å². The van der Waals surface area contributed by atoms with E-state index in [-0.39, 0.29) is 24.4 Å². The molecule has 0 aliphatic heterocycles. The van der Waals surface area contributed by atoms with Crippen LogP contribution >= 0.6 is 0 Å². The van der Waals surface area contributed by atoms with Crippen LogP contribution in [0, 0.1) is 18.7 Å². The fourth-order valence-corrected chi connectivity index (χ4v) is 2.69. The summed E-state index contributed by atoms with van der Waals surface area (Å²) in [5.74, 6) is 0.774. The van der Waals surface area contributed by atoms with Crippen LogP contribution in [0.3, 0.4) is 0 Å². The van der Waals surface area contributed by atoms with E-state index in [1.165, 1.54) is 6.07 Å². The minimum absolute atomic E-state index is 0.0411. The van der Waals surface area contributed by atoms with Gasteiger partial charge in [0.2, 0.25) is 5.95 Å². The highest BCUT2D eigenvalue weighted by atomic mass is 19.1. The van der Waals surface area contributed by atoms with Crippen molar-refractivity contribution in [1.82, 2.24) is 15.0 Å². The number of nitrogens with one attached hydrogen (secondary N) is 2. The van der Waals surface area contributed by atoms with E-state index < -0.39 is 0 Å². The molecule has 3 rings (SSSR count). The van der Waals surface area contributed by atoms with E-state index in [0.717, 1.165) is 0 Å².